The minimum absolute atomic E-state index is 0.0456. The summed E-state index contributed by atoms with van der Waals surface area (Å²) in [5.41, 5.74) is 2.94. The van der Waals surface area contributed by atoms with Gasteiger partial charge in [0.2, 0.25) is 5.91 Å². The fourth-order valence-corrected chi connectivity index (χ4v) is 3.16. The highest BCUT2D eigenvalue weighted by Gasteiger charge is 2.33. The van der Waals surface area contributed by atoms with Gasteiger partial charge in [0.15, 0.2) is 5.69 Å². The Kier molecular flexibility index (Phi) is 3.90. The van der Waals surface area contributed by atoms with Gasteiger partial charge in [-0.3, -0.25) is 19.2 Å². The monoisotopic (exact) mass is 410 g/mol. The Hall–Kier alpha value is -1.90. The van der Waals surface area contributed by atoms with Gasteiger partial charge in [0.1, 0.15) is 5.69 Å². The minimum atomic E-state index is -0.254. The van der Waals surface area contributed by atoms with E-state index in [2.05, 4.69) is 33.0 Å². The first-order valence-electron chi connectivity index (χ1n) is 6.87. The molecule has 0 spiro atoms. The Bertz CT molecular complexity index is 769. The first-order chi connectivity index (χ1) is 10.5. The highest BCUT2D eigenvalue weighted by Crippen LogP contribution is 2.39. The summed E-state index contributed by atoms with van der Waals surface area (Å²) >= 11 is 2.17. The van der Waals surface area contributed by atoms with Crippen molar-refractivity contribution in [2.24, 2.45) is 7.05 Å². The van der Waals surface area contributed by atoms with Crippen molar-refractivity contribution in [2.75, 3.05) is 14.6 Å². The third kappa shape index (κ3) is 2.29. The molecule has 2 heterocycles. The van der Waals surface area contributed by atoms with E-state index in [-0.39, 0.29) is 11.8 Å². The molecule has 1 aliphatic rings. The van der Waals surface area contributed by atoms with Gasteiger partial charge in [0.05, 0.1) is 17.1 Å². The maximum Gasteiger partial charge on any atom is 0.276 e. The summed E-state index contributed by atoms with van der Waals surface area (Å²) in [4.78, 5) is 26.8. The van der Waals surface area contributed by atoms with Crippen molar-refractivity contribution in [3.05, 3.63) is 35.7 Å². The number of alkyl halides is 1. The molecule has 3 rings (SSSR count). The van der Waals surface area contributed by atoms with E-state index in [9.17, 15) is 9.59 Å². The van der Waals surface area contributed by atoms with E-state index in [1.54, 1.807) is 18.0 Å². The quantitative estimate of drug-likeness (QED) is 0.612. The average molecular weight is 410 g/mol. The van der Waals surface area contributed by atoms with Crippen molar-refractivity contribution in [3.8, 4) is 0 Å². The van der Waals surface area contributed by atoms with Crippen molar-refractivity contribution < 1.29 is 9.59 Å². The summed E-state index contributed by atoms with van der Waals surface area (Å²) in [6.07, 6.45) is 0.400. The van der Waals surface area contributed by atoms with Gasteiger partial charge >= 0.3 is 0 Å². The van der Waals surface area contributed by atoms with Gasteiger partial charge in [-0.2, -0.15) is 5.10 Å². The fraction of sp³-hybridized carbons (Fsp3) is 0.267. The number of carbonyl (C=O) groups excluding carboxylic acids is 2. The lowest BCUT2D eigenvalue weighted by Crippen LogP contribution is -2.27. The maximum atomic E-state index is 12.7. The maximum absolute atomic E-state index is 12.7. The average Bonchev–Trinajstić information content (AvgIpc) is 2.68. The van der Waals surface area contributed by atoms with Crippen molar-refractivity contribution in [1.82, 2.24) is 9.78 Å². The fourth-order valence-electron chi connectivity index (χ4n) is 2.70. The summed E-state index contributed by atoms with van der Waals surface area (Å²) in [6.45, 7) is 1.81. The number of hydrogen-bond acceptors (Lipinski definition) is 3. The van der Waals surface area contributed by atoms with E-state index in [0.717, 1.165) is 0 Å². The molecule has 0 radical (unpaired) electrons. The molecule has 1 aromatic heterocycles. The number of amides is 2. The third-order valence-electron chi connectivity index (χ3n) is 3.58. The zero-order chi connectivity index (χ0) is 15.9. The molecule has 0 saturated heterocycles. The summed E-state index contributed by atoms with van der Waals surface area (Å²) in [5, 5.41) is 7.17. The molecule has 22 heavy (non-hydrogen) atoms. The van der Waals surface area contributed by atoms with Gasteiger partial charge in [0.25, 0.3) is 5.91 Å². The number of aryl methyl sites for hydroxylation is 2. The first kappa shape index (κ1) is 15.0. The smallest absolute Gasteiger partial charge is 0.276 e. The molecule has 6 nitrogen and oxygen atoms in total. The lowest BCUT2D eigenvalue weighted by molar-refractivity contribution is -0.117. The van der Waals surface area contributed by atoms with Crippen LogP contribution < -0.4 is 10.2 Å². The van der Waals surface area contributed by atoms with E-state index >= 15 is 0 Å². The second-order valence-corrected chi connectivity index (χ2v) is 6.12. The van der Waals surface area contributed by atoms with Crippen LogP contribution in [0.4, 0.5) is 17.1 Å². The highest BCUT2D eigenvalue weighted by atomic mass is 127. The van der Waals surface area contributed by atoms with E-state index in [0.29, 0.717) is 39.3 Å². The number of nitrogens with zero attached hydrogens (tertiary/aromatic N) is 3. The van der Waals surface area contributed by atoms with Gasteiger partial charge in [-0.15, -0.1) is 0 Å². The second kappa shape index (κ2) is 5.71. The Morgan fingerprint density at radius 2 is 2.09 bits per heavy atom. The Morgan fingerprint density at radius 3 is 2.82 bits per heavy atom. The van der Waals surface area contributed by atoms with Crippen LogP contribution >= 0.6 is 22.6 Å². The lowest BCUT2D eigenvalue weighted by Gasteiger charge is -2.22. The zero-order valence-corrected chi connectivity index (χ0v) is 14.4. The summed E-state index contributed by atoms with van der Waals surface area (Å²) in [7, 11) is 1.71. The number of rotatable bonds is 2. The van der Waals surface area contributed by atoms with Gasteiger partial charge in [-0.25, -0.2) is 0 Å². The zero-order valence-electron chi connectivity index (χ0n) is 12.3. The van der Waals surface area contributed by atoms with E-state index in [4.69, 9.17) is 0 Å². The molecule has 0 aliphatic carbocycles. The van der Waals surface area contributed by atoms with Crippen LogP contribution in [-0.4, -0.2) is 26.0 Å². The van der Waals surface area contributed by atoms with Gasteiger partial charge in [-0.05, 0) is 19.1 Å². The van der Waals surface area contributed by atoms with Crippen molar-refractivity contribution in [2.45, 2.75) is 13.3 Å². The molecule has 114 valence electrons. The van der Waals surface area contributed by atoms with Crippen LogP contribution in [0.2, 0.25) is 0 Å². The molecular weight excluding hydrogens is 395 g/mol. The molecule has 0 bridgehead atoms. The van der Waals surface area contributed by atoms with Crippen molar-refractivity contribution in [3.63, 3.8) is 0 Å². The Balaban J connectivity index is 2.29. The Morgan fingerprint density at radius 1 is 1.36 bits per heavy atom. The van der Waals surface area contributed by atoms with E-state index in [1.165, 1.54) is 4.68 Å². The molecule has 1 aliphatic heterocycles. The summed E-state index contributed by atoms with van der Waals surface area (Å²) in [6, 6.07) is 7.32. The SMILES string of the molecule is Cc1nn(C)c2c1N(C(=O)CCI)c1ccccc1NC2=O. The second-order valence-electron chi connectivity index (χ2n) is 5.05. The van der Waals surface area contributed by atoms with Crippen LogP contribution in [0.25, 0.3) is 0 Å². The molecule has 0 atom stereocenters. The number of aromatic nitrogens is 2. The molecule has 1 aromatic carbocycles. The predicted octanol–water partition coefficient (Wildman–Crippen LogP) is 2.78. The molecule has 0 unspecified atom stereocenters. The van der Waals surface area contributed by atoms with Crippen LogP contribution in [0.3, 0.4) is 0 Å². The molecule has 2 amide bonds. The van der Waals surface area contributed by atoms with E-state index < -0.39 is 0 Å². The number of halogens is 1. The highest BCUT2D eigenvalue weighted by molar-refractivity contribution is 14.1. The number of benzene rings is 1. The van der Waals surface area contributed by atoms with Crippen LogP contribution in [0, 0.1) is 6.92 Å². The number of carbonyl (C=O) groups is 2. The van der Waals surface area contributed by atoms with Crippen LogP contribution in [0.15, 0.2) is 24.3 Å². The normalized spacial score (nSPS) is 13.2. The topological polar surface area (TPSA) is 67.2 Å². The van der Waals surface area contributed by atoms with Gasteiger partial charge < -0.3 is 5.32 Å². The lowest BCUT2D eigenvalue weighted by atomic mass is 10.2. The molecule has 0 fully saturated rings. The van der Waals surface area contributed by atoms with Crippen molar-refractivity contribution in [1.29, 1.82) is 0 Å². The Labute approximate surface area is 141 Å². The largest absolute Gasteiger partial charge is 0.319 e. The summed E-state index contributed by atoms with van der Waals surface area (Å²) in [5.74, 6) is -0.300. The minimum Gasteiger partial charge on any atom is -0.319 e. The first-order valence-corrected chi connectivity index (χ1v) is 8.40. The van der Waals surface area contributed by atoms with Crippen LogP contribution in [0.5, 0.6) is 0 Å². The number of hydrogen-bond donors (Lipinski definition) is 1. The number of nitrogens with one attached hydrogen (secondary N) is 1. The van der Waals surface area contributed by atoms with Crippen LogP contribution in [-0.2, 0) is 11.8 Å². The predicted molar refractivity (Wildman–Crippen MR) is 93.0 cm³/mol. The van der Waals surface area contributed by atoms with Gasteiger partial charge in [0, 0.05) is 17.9 Å². The molecular formula is C15H15IN4O2. The number of anilines is 3. The molecule has 7 heteroatoms. The van der Waals surface area contributed by atoms with E-state index in [1.807, 2.05) is 25.1 Å². The molecule has 1 N–H and O–H groups in total. The molecule has 0 saturated carbocycles. The number of para-hydroxylation sites is 2. The van der Waals surface area contributed by atoms with Crippen molar-refractivity contribution >= 4 is 51.5 Å². The molecule has 2 aromatic rings. The number of fused-ring (bicyclic) bond motifs is 2. The third-order valence-corrected chi connectivity index (χ3v) is 4.12. The summed E-state index contributed by atoms with van der Waals surface area (Å²) < 4.78 is 2.24. The van der Waals surface area contributed by atoms with Crippen LogP contribution in [0.1, 0.15) is 22.6 Å². The standard InChI is InChI=1S/C15H15IN4O2/c1-9-13-14(19(2)18-9)15(22)17-10-5-3-4-6-11(10)20(13)12(21)7-8-16/h3-6H,7-8H2,1-2H3,(H,17,22). The van der Waals surface area contributed by atoms with Gasteiger partial charge in [-0.1, -0.05) is 34.7 Å².